The van der Waals surface area contributed by atoms with Crippen LogP contribution in [0.4, 0.5) is 5.82 Å². The molecule has 3 aromatic rings. The number of aromatic amines is 2. The number of nitrogens with zero attached hydrogens (tertiary/aromatic N) is 5. The first-order valence-corrected chi connectivity index (χ1v) is 8.69. The Balaban J connectivity index is 1.65. The number of nitrogens with one attached hydrogen (secondary N) is 2. The highest BCUT2D eigenvalue weighted by atomic mass is 15.2. The van der Waals surface area contributed by atoms with Crippen LogP contribution in [0.15, 0.2) is 6.20 Å². The van der Waals surface area contributed by atoms with Crippen LogP contribution in [0.1, 0.15) is 31.2 Å². The van der Waals surface area contributed by atoms with E-state index in [9.17, 15) is 0 Å². The molecule has 25 heavy (non-hydrogen) atoms. The molecule has 1 fully saturated rings. The van der Waals surface area contributed by atoms with Crippen LogP contribution in [0.25, 0.3) is 22.4 Å². The SMILES string of the molecule is Cc1n[nH]c(C)c1-c1[nH]nc2nc(N3CCC(C)(CN)CC3)cnc12. The van der Waals surface area contributed by atoms with Crippen molar-refractivity contribution < 1.29 is 0 Å². The number of piperidine rings is 1. The minimum atomic E-state index is 0.240. The molecule has 0 unspecified atom stereocenters. The van der Waals surface area contributed by atoms with E-state index in [1.807, 2.05) is 20.0 Å². The summed E-state index contributed by atoms with van der Waals surface area (Å²) in [6.45, 7) is 8.85. The largest absolute Gasteiger partial charge is 0.355 e. The van der Waals surface area contributed by atoms with E-state index in [1.54, 1.807) is 0 Å². The second-order valence-corrected chi connectivity index (χ2v) is 7.31. The van der Waals surface area contributed by atoms with Gasteiger partial charge in [-0.15, -0.1) is 0 Å². The van der Waals surface area contributed by atoms with Crippen LogP contribution in [-0.4, -0.2) is 50.0 Å². The number of fused-ring (bicyclic) bond motifs is 1. The van der Waals surface area contributed by atoms with Crippen LogP contribution in [0.3, 0.4) is 0 Å². The molecule has 3 aromatic heterocycles. The van der Waals surface area contributed by atoms with E-state index in [4.69, 9.17) is 10.7 Å². The van der Waals surface area contributed by atoms with E-state index in [2.05, 4.69) is 37.2 Å². The van der Waals surface area contributed by atoms with E-state index < -0.39 is 0 Å². The van der Waals surface area contributed by atoms with Crippen LogP contribution in [0, 0.1) is 19.3 Å². The van der Waals surface area contributed by atoms with E-state index >= 15 is 0 Å². The monoisotopic (exact) mass is 340 g/mol. The quantitative estimate of drug-likeness (QED) is 0.671. The van der Waals surface area contributed by atoms with Gasteiger partial charge in [0.05, 0.1) is 17.6 Å². The molecule has 4 heterocycles. The minimum Gasteiger partial charge on any atom is -0.355 e. The Morgan fingerprint density at radius 2 is 1.96 bits per heavy atom. The zero-order chi connectivity index (χ0) is 17.6. The lowest BCUT2D eigenvalue weighted by Gasteiger charge is -2.39. The fourth-order valence-corrected chi connectivity index (χ4v) is 3.51. The summed E-state index contributed by atoms with van der Waals surface area (Å²) in [6, 6.07) is 0. The number of aromatic nitrogens is 6. The van der Waals surface area contributed by atoms with E-state index in [0.29, 0.717) is 5.65 Å². The maximum Gasteiger partial charge on any atom is 0.202 e. The van der Waals surface area contributed by atoms with Crippen molar-refractivity contribution in [3.8, 4) is 11.3 Å². The standard InChI is InChI=1S/C17H24N8/c1-10-13(11(2)22-21-10)14-15-16(24-23-14)20-12(8-19-15)25-6-4-17(3,9-18)5-7-25/h8H,4-7,9,18H2,1-3H3,(H,21,22)(H,20,23,24). The number of anilines is 1. The average molecular weight is 340 g/mol. The number of hydrogen-bond donors (Lipinski definition) is 3. The zero-order valence-electron chi connectivity index (χ0n) is 14.9. The molecule has 0 atom stereocenters. The third-order valence-electron chi connectivity index (χ3n) is 5.42. The Labute approximate surface area is 146 Å². The third kappa shape index (κ3) is 2.66. The van der Waals surface area contributed by atoms with Crippen molar-refractivity contribution in [1.82, 2.24) is 30.4 Å². The molecule has 4 N–H and O–H groups in total. The third-order valence-corrected chi connectivity index (χ3v) is 5.42. The molecule has 1 saturated heterocycles. The Kier molecular flexibility index (Phi) is 3.72. The lowest BCUT2D eigenvalue weighted by Crippen LogP contribution is -2.42. The molecule has 0 radical (unpaired) electrons. The highest BCUT2D eigenvalue weighted by Gasteiger charge is 2.29. The van der Waals surface area contributed by atoms with Gasteiger partial charge in [-0.05, 0) is 38.6 Å². The zero-order valence-corrected chi connectivity index (χ0v) is 14.9. The number of hydrogen-bond acceptors (Lipinski definition) is 6. The van der Waals surface area contributed by atoms with Crippen molar-refractivity contribution in [2.45, 2.75) is 33.6 Å². The maximum atomic E-state index is 5.90. The topological polar surface area (TPSA) is 112 Å². The number of aryl methyl sites for hydroxylation is 2. The van der Waals surface area contributed by atoms with Gasteiger partial charge >= 0.3 is 0 Å². The predicted octanol–water partition coefficient (Wildman–Crippen LogP) is 1.93. The predicted molar refractivity (Wildman–Crippen MR) is 97.3 cm³/mol. The van der Waals surface area contributed by atoms with E-state index in [1.165, 1.54) is 0 Å². The average Bonchev–Trinajstić information content (AvgIpc) is 3.18. The van der Waals surface area contributed by atoms with Gasteiger partial charge in [0.15, 0.2) is 0 Å². The Bertz CT molecular complexity index is 881. The van der Waals surface area contributed by atoms with Crippen molar-refractivity contribution in [3.05, 3.63) is 17.6 Å². The molecule has 1 aliphatic rings. The fraction of sp³-hybridized carbons (Fsp3) is 0.529. The van der Waals surface area contributed by atoms with E-state index in [-0.39, 0.29) is 5.41 Å². The van der Waals surface area contributed by atoms with Crippen LogP contribution in [0.5, 0.6) is 0 Å². The van der Waals surface area contributed by atoms with Gasteiger partial charge in [-0.3, -0.25) is 10.2 Å². The van der Waals surface area contributed by atoms with Crippen molar-refractivity contribution in [2.75, 3.05) is 24.5 Å². The summed E-state index contributed by atoms with van der Waals surface area (Å²) in [5, 5.41) is 14.7. The Morgan fingerprint density at radius 1 is 1.20 bits per heavy atom. The summed E-state index contributed by atoms with van der Waals surface area (Å²) in [5.74, 6) is 0.880. The summed E-state index contributed by atoms with van der Waals surface area (Å²) in [5.41, 5.74) is 11.4. The molecule has 8 nitrogen and oxygen atoms in total. The summed E-state index contributed by atoms with van der Waals surface area (Å²) in [7, 11) is 0. The van der Waals surface area contributed by atoms with Crippen molar-refractivity contribution >= 4 is 17.0 Å². The van der Waals surface area contributed by atoms with Gasteiger partial charge in [0.25, 0.3) is 0 Å². The molecule has 0 spiro atoms. The molecule has 0 aliphatic carbocycles. The molecule has 0 amide bonds. The van der Waals surface area contributed by atoms with Crippen molar-refractivity contribution in [1.29, 1.82) is 0 Å². The van der Waals surface area contributed by atoms with E-state index in [0.717, 1.165) is 66.5 Å². The summed E-state index contributed by atoms with van der Waals surface area (Å²) >= 11 is 0. The molecule has 1 aliphatic heterocycles. The first-order chi connectivity index (χ1) is 12.0. The first kappa shape index (κ1) is 16.0. The highest BCUT2D eigenvalue weighted by molar-refractivity contribution is 5.89. The second-order valence-electron chi connectivity index (χ2n) is 7.31. The van der Waals surface area contributed by atoms with Crippen LogP contribution < -0.4 is 10.6 Å². The van der Waals surface area contributed by atoms with Gasteiger partial charge in [-0.25, -0.2) is 9.97 Å². The van der Waals surface area contributed by atoms with Crippen LogP contribution >= 0.6 is 0 Å². The lowest BCUT2D eigenvalue weighted by molar-refractivity contribution is 0.258. The van der Waals surface area contributed by atoms with Crippen LogP contribution in [-0.2, 0) is 0 Å². The fourth-order valence-electron chi connectivity index (χ4n) is 3.51. The number of H-pyrrole nitrogens is 2. The normalized spacial score (nSPS) is 17.4. The molecular formula is C17H24N8. The molecule has 0 saturated carbocycles. The Hall–Kier alpha value is -2.48. The van der Waals surface area contributed by atoms with Crippen molar-refractivity contribution in [2.24, 2.45) is 11.1 Å². The molecule has 4 rings (SSSR count). The second kappa shape index (κ2) is 5.80. The smallest absolute Gasteiger partial charge is 0.202 e. The molecule has 132 valence electrons. The first-order valence-electron chi connectivity index (χ1n) is 8.69. The molecule has 8 heteroatoms. The number of rotatable bonds is 3. The van der Waals surface area contributed by atoms with Gasteiger partial charge in [0.2, 0.25) is 5.65 Å². The van der Waals surface area contributed by atoms with Crippen molar-refractivity contribution in [3.63, 3.8) is 0 Å². The van der Waals surface area contributed by atoms with Gasteiger partial charge < -0.3 is 10.6 Å². The van der Waals surface area contributed by atoms with Crippen LogP contribution in [0.2, 0.25) is 0 Å². The molecular weight excluding hydrogens is 316 g/mol. The van der Waals surface area contributed by atoms with Gasteiger partial charge in [0, 0.05) is 24.3 Å². The lowest BCUT2D eigenvalue weighted by atomic mass is 9.80. The highest BCUT2D eigenvalue weighted by Crippen LogP contribution is 2.32. The number of nitrogens with two attached hydrogens (primary N) is 1. The summed E-state index contributed by atoms with van der Waals surface area (Å²) in [4.78, 5) is 11.6. The minimum absolute atomic E-state index is 0.240. The van der Waals surface area contributed by atoms with Gasteiger partial charge in [-0.2, -0.15) is 10.2 Å². The summed E-state index contributed by atoms with van der Waals surface area (Å²) in [6.07, 6.45) is 3.99. The molecule has 0 aromatic carbocycles. The summed E-state index contributed by atoms with van der Waals surface area (Å²) < 4.78 is 0. The van der Waals surface area contributed by atoms with Gasteiger partial charge in [-0.1, -0.05) is 6.92 Å². The Morgan fingerprint density at radius 3 is 2.60 bits per heavy atom. The van der Waals surface area contributed by atoms with Gasteiger partial charge in [0.1, 0.15) is 11.3 Å². The maximum absolute atomic E-state index is 5.90. The molecule has 0 bridgehead atoms.